The van der Waals surface area contributed by atoms with E-state index in [9.17, 15) is 4.79 Å². The van der Waals surface area contributed by atoms with Crippen molar-refractivity contribution >= 4 is 17.4 Å². The fourth-order valence-corrected chi connectivity index (χ4v) is 4.35. The molecule has 1 aromatic heterocycles. The smallest absolute Gasteiger partial charge is 0.262 e. The number of amides is 1. The van der Waals surface area contributed by atoms with Crippen LogP contribution in [0.15, 0.2) is 24.3 Å². The summed E-state index contributed by atoms with van der Waals surface area (Å²) >= 11 is 0. The predicted molar refractivity (Wildman–Crippen MR) is 111 cm³/mol. The Morgan fingerprint density at radius 2 is 2.10 bits per heavy atom. The Morgan fingerprint density at radius 1 is 1.24 bits per heavy atom. The van der Waals surface area contributed by atoms with E-state index in [4.69, 9.17) is 4.74 Å². The summed E-state index contributed by atoms with van der Waals surface area (Å²) in [5.41, 5.74) is 4.48. The Morgan fingerprint density at radius 3 is 3.00 bits per heavy atom. The number of carbonyl (C=O) groups is 1. The monoisotopic (exact) mass is 393 g/mol. The average Bonchev–Trinajstić information content (AvgIpc) is 2.71. The SMILES string of the molecule is CC(NCC1CN(c2cc3c(nn2)CCCC3)C1)c1ccc2c(c1)NC(=O)CO2. The largest absolute Gasteiger partial charge is 0.482 e. The molecule has 2 aliphatic heterocycles. The summed E-state index contributed by atoms with van der Waals surface area (Å²) in [7, 11) is 0. The van der Waals surface area contributed by atoms with Crippen molar-refractivity contribution in [2.24, 2.45) is 5.92 Å². The van der Waals surface area contributed by atoms with Crippen molar-refractivity contribution in [2.75, 3.05) is 36.5 Å². The van der Waals surface area contributed by atoms with E-state index < -0.39 is 0 Å². The van der Waals surface area contributed by atoms with Crippen molar-refractivity contribution in [1.82, 2.24) is 15.5 Å². The van der Waals surface area contributed by atoms with Crippen molar-refractivity contribution in [3.63, 3.8) is 0 Å². The molecule has 0 radical (unpaired) electrons. The van der Waals surface area contributed by atoms with Crippen LogP contribution in [0.5, 0.6) is 5.75 Å². The second kappa shape index (κ2) is 7.63. The zero-order chi connectivity index (χ0) is 19.8. The van der Waals surface area contributed by atoms with Gasteiger partial charge in [-0.05, 0) is 61.9 Å². The van der Waals surface area contributed by atoms with Gasteiger partial charge in [0.05, 0.1) is 11.4 Å². The molecule has 1 aromatic carbocycles. The molecule has 1 fully saturated rings. The number of fused-ring (bicyclic) bond motifs is 2. The number of aromatic nitrogens is 2. The third-order valence-corrected chi connectivity index (χ3v) is 6.19. The molecule has 3 heterocycles. The maximum absolute atomic E-state index is 11.5. The van der Waals surface area contributed by atoms with Crippen molar-refractivity contribution in [3.05, 3.63) is 41.1 Å². The highest BCUT2D eigenvalue weighted by molar-refractivity contribution is 5.95. The van der Waals surface area contributed by atoms with E-state index in [0.717, 1.165) is 55.3 Å². The van der Waals surface area contributed by atoms with Crippen LogP contribution in [0.25, 0.3) is 0 Å². The molecule has 1 aliphatic carbocycles. The minimum Gasteiger partial charge on any atom is -0.482 e. The van der Waals surface area contributed by atoms with Gasteiger partial charge >= 0.3 is 0 Å². The standard InChI is InChI=1S/C22H27N5O2/c1-14(16-6-7-20-19(8-16)24-22(28)13-29-20)23-10-15-11-27(12-15)21-9-17-4-2-3-5-18(17)25-26-21/h6-9,14-15,23H,2-5,10-13H2,1H3,(H,24,28). The first-order valence-corrected chi connectivity index (χ1v) is 10.6. The molecule has 5 rings (SSSR count). The highest BCUT2D eigenvalue weighted by Gasteiger charge is 2.29. The van der Waals surface area contributed by atoms with E-state index in [0.29, 0.717) is 5.92 Å². The number of anilines is 2. The van der Waals surface area contributed by atoms with Gasteiger partial charge in [-0.3, -0.25) is 4.79 Å². The third kappa shape index (κ3) is 3.79. The number of nitrogens with zero attached hydrogens (tertiary/aromatic N) is 3. The van der Waals surface area contributed by atoms with Crippen molar-refractivity contribution < 1.29 is 9.53 Å². The van der Waals surface area contributed by atoms with Gasteiger partial charge in [0.2, 0.25) is 0 Å². The number of benzene rings is 1. The van der Waals surface area contributed by atoms with Gasteiger partial charge in [0.1, 0.15) is 5.75 Å². The average molecular weight is 393 g/mol. The lowest BCUT2D eigenvalue weighted by Gasteiger charge is -2.40. The third-order valence-electron chi connectivity index (χ3n) is 6.19. The van der Waals surface area contributed by atoms with Crippen LogP contribution in [0.4, 0.5) is 11.5 Å². The van der Waals surface area contributed by atoms with Crippen molar-refractivity contribution in [2.45, 2.75) is 38.6 Å². The van der Waals surface area contributed by atoms with Crippen LogP contribution in [-0.2, 0) is 17.6 Å². The lowest BCUT2D eigenvalue weighted by atomic mass is 9.95. The molecule has 3 aliphatic rings. The summed E-state index contributed by atoms with van der Waals surface area (Å²) in [4.78, 5) is 13.9. The fraction of sp³-hybridized carbons (Fsp3) is 0.500. The van der Waals surface area contributed by atoms with Gasteiger partial charge in [-0.2, -0.15) is 5.10 Å². The molecule has 1 atom stereocenters. The molecule has 0 saturated carbocycles. The Labute approximate surface area is 170 Å². The van der Waals surface area contributed by atoms with Crippen LogP contribution in [0, 0.1) is 5.92 Å². The first kappa shape index (κ1) is 18.4. The topological polar surface area (TPSA) is 79.4 Å². The van der Waals surface area contributed by atoms with Gasteiger partial charge in [0.15, 0.2) is 12.4 Å². The molecular weight excluding hydrogens is 366 g/mol. The molecule has 7 nitrogen and oxygen atoms in total. The highest BCUT2D eigenvalue weighted by atomic mass is 16.5. The van der Waals surface area contributed by atoms with E-state index in [-0.39, 0.29) is 18.6 Å². The number of rotatable bonds is 5. The first-order chi connectivity index (χ1) is 14.2. The van der Waals surface area contributed by atoms with Crippen LogP contribution >= 0.6 is 0 Å². The van der Waals surface area contributed by atoms with Crippen LogP contribution < -0.4 is 20.3 Å². The second-order valence-corrected chi connectivity index (χ2v) is 8.37. The van der Waals surface area contributed by atoms with Crippen molar-refractivity contribution in [3.8, 4) is 5.75 Å². The number of carbonyl (C=O) groups excluding carboxylic acids is 1. The molecule has 2 N–H and O–H groups in total. The van der Waals surface area contributed by atoms with Crippen LogP contribution in [0.2, 0.25) is 0 Å². The predicted octanol–water partition coefficient (Wildman–Crippen LogP) is 2.47. The minimum absolute atomic E-state index is 0.0902. The summed E-state index contributed by atoms with van der Waals surface area (Å²) in [6.07, 6.45) is 4.72. The molecular formula is C22H27N5O2. The zero-order valence-electron chi connectivity index (χ0n) is 16.8. The second-order valence-electron chi connectivity index (χ2n) is 8.37. The molecule has 1 saturated heterocycles. The summed E-state index contributed by atoms with van der Waals surface area (Å²) in [5, 5.41) is 15.4. The Bertz CT molecular complexity index is 925. The number of aryl methyl sites for hydroxylation is 2. The normalized spacial score (nSPS) is 19.5. The highest BCUT2D eigenvalue weighted by Crippen LogP contribution is 2.31. The first-order valence-electron chi connectivity index (χ1n) is 10.6. The Kier molecular flexibility index (Phi) is 4.83. The molecule has 1 amide bonds. The number of hydrogen-bond donors (Lipinski definition) is 2. The molecule has 7 heteroatoms. The van der Waals surface area contributed by atoms with E-state index in [1.54, 1.807) is 0 Å². The van der Waals surface area contributed by atoms with E-state index >= 15 is 0 Å². The lowest BCUT2D eigenvalue weighted by Crippen LogP contribution is -2.51. The number of nitrogens with one attached hydrogen (secondary N) is 2. The van der Waals surface area contributed by atoms with Gasteiger partial charge in [-0.1, -0.05) is 6.07 Å². The van der Waals surface area contributed by atoms with Gasteiger partial charge in [0.25, 0.3) is 5.91 Å². The fourth-order valence-electron chi connectivity index (χ4n) is 4.35. The summed E-state index contributed by atoms with van der Waals surface area (Å²) in [6.45, 7) is 5.23. The lowest BCUT2D eigenvalue weighted by molar-refractivity contribution is -0.118. The summed E-state index contributed by atoms with van der Waals surface area (Å²) in [5.74, 6) is 2.27. The van der Waals surface area contributed by atoms with Gasteiger partial charge < -0.3 is 20.3 Å². The zero-order valence-corrected chi connectivity index (χ0v) is 16.8. The molecule has 1 unspecified atom stereocenters. The Balaban J connectivity index is 1.13. The van der Waals surface area contributed by atoms with Crippen molar-refractivity contribution in [1.29, 1.82) is 0 Å². The Hall–Kier alpha value is -2.67. The van der Waals surface area contributed by atoms with Gasteiger partial charge in [0, 0.05) is 31.6 Å². The maximum Gasteiger partial charge on any atom is 0.262 e. The molecule has 152 valence electrons. The van der Waals surface area contributed by atoms with E-state index in [2.05, 4.69) is 44.8 Å². The summed E-state index contributed by atoms with van der Waals surface area (Å²) in [6, 6.07) is 8.44. The maximum atomic E-state index is 11.5. The quantitative estimate of drug-likeness (QED) is 0.813. The number of hydrogen-bond acceptors (Lipinski definition) is 6. The van der Waals surface area contributed by atoms with Crippen LogP contribution in [-0.4, -0.2) is 42.3 Å². The number of ether oxygens (including phenoxy) is 1. The molecule has 0 bridgehead atoms. The van der Waals surface area contributed by atoms with Crippen LogP contribution in [0.3, 0.4) is 0 Å². The van der Waals surface area contributed by atoms with Gasteiger partial charge in [-0.15, -0.1) is 5.10 Å². The molecule has 2 aromatic rings. The van der Waals surface area contributed by atoms with E-state index in [1.165, 1.54) is 24.1 Å². The van der Waals surface area contributed by atoms with Crippen LogP contribution in [0.1, 0.15) is 42.6 Å². The molecule has 0 spiro atoms. The van der Waals surface area contributed by atoms with E-state index in [1.807, 2.05) is 12.1 Å². The minimum atomic E-state index is -0.102. The molecule has 29 heavy (non-hydrogen) atoms. The van der Waals surface area contributed by atoms with Gasteiger partial charge in [-0.25, -0.2) is 0 Å². The summed E-state index contributed by atoms with van der Waals surface area (Å²) < 4.78 is 5.43.